The number of carbonyl (C=O) groups excluding carboxylic acids is 1. The zero-order valence-corrected chi connectivity index (χ0v) is 14.2. The molecule has 2 aromatic rings. The van der Waals surface area contributed by atoms with Gasteiger partial charge in [0.1, 0.15) is 0 Å². The third-order valence-corrected chi connectivity index (χ3v) is 4.37. The second-order valence-corrected chi connectivity index (χ2v) is 6.14. The van der Waals surface area contributed by atoms with Crippen molar-refractivity contribution in [3.8, 4) is 0 Å². The van der Waals surface area contributed by atoms with Gasteiger partial charge in [-0.1, -0.05) is 41.4 Å². The lowest BCUT2D eigenvalue weighted by Crippen LogP contribution is -2.22. The van der Waals surface area contributed by atoms with Gasteiger partial charge in [0.15, 0.2) is 0 Å². The van der Waals surface area contributed by atoms with Gasteiger partial charge >= 0.3 is 0 Å². The summed E-state index contributed by atoms with van der Waals surface area (Å²) in [6.45, 7) is 3.69. The number of halogens is 2. The van der Waals surface area contributed by atoms with Crippen molar-refractivity contribution in [1.29, 1.82) is 0 Å². The van der Waals surface area contributed by atoms with Crippen LogP contribution in [0.5, 0.6) is 0 Å². The Morgan fingerprint density at radius 1 is 1.04 bits per heavy atom. The Labute approximate surface area is 144 Å². The quantitative estimate of drug-likeness (QED) is 0.697. The summed E-state index contributed by atoms with van der Waals surface area (Å²) >= 11 is 12.0. The lowest BCUT2D eigenvalue weighted by molar-refractivity contribution is -0.114. The Morgan fingerprint density at radius 3 is 2.43 bits per heavy atom. The van der Waals surface area contributed by atoms with E-state index < -0.39 is 0 Å². The van der Waals surface area contributed by atoms with Crippen LogP contribution in [-0.4, -0.2) is 11.6 Å². The van der Waals surface area contributed by atoms with E-state index >= 15 is 0 Å². The van der Waals surface area contributed by atoms with E-state index in [4.69, 9.17) is 23.2 Å². The van der Waals surface area contributed by atoms with Gasteiger partial charge in [0.25, 0.3) is 5.91 Å². The molecule has 1 amide bonds. The van der Waals surface area contributed by atoms with Crippen LogP contribution in [0.15, 0.2) is 53.1 Å². The Hall–Kier alpha value is -2.10. The van der Waals surface area contributed by atoms with Gasteiger partial charge in [0.2, 0.25) is 0 Å². The van der Waals surface area contributed by atoms with Gasteiger partial charge in [-0.25, -0.2) is 0 Å². The van der Waals surface area contributed by atoms with Crippen LogP contribution < -0.4 is 5.01 Å². The minimum absolute atomic E-state index is 0.164. The van der Waals surface area contributed by atoms with Crippen molar-refractivity contribution < 1.29 is 4.79 Å². The summed E-state index contributed by atoms with van der Waals surface area (Å²) in [5.74, 6) is -0.164. The first-order chi connectivity index (χ1) is 11.0. The number of benzene rings is 2. The smallest absolute Gasteiger partial charge is 0.267 e. The van der Waals surface area contributed by atoms with E-state index in [0.717, 1.165) is 11.1 Å². The highest BCUT2D eigenvalue weighted by molar-refractivity contribution is 6.34. The number of rotatable bonds is 2. The van der Waals surface area contributed by atoms with E-state index in [2.05, 4.69) is 5.10 Å². The molecule has 3 nitrogen and oxygen atoms in total. The highest BCUT2D eigenvalue weighted by atomic mass is 35.5. The molecule has 5 heteroatoms. The Balaban J connectivity index is 1.98. The minimum atomic E-state index is -0.164. The van der Waals surface area contributed by atoms with Crippen LogP contribution in [0.3, 0.4) is 0 Å². The summed E-state index contributed by atoms with van der Waals surface area (Å²) in [5, 5.41) is 7.05. The SMILES string of the molecule is CC1=NN(c2cccc(Cl)c2C)C(=O)/C1=C\c1ccc(Cl)cc1. The lowest BCUT2D eigenvalue weighted by atomic mass is 10.1. The topological polar surface area (TPSA) is 32.7 Å². The van der Waals surface area contributed by atoms with Gasteiger partial charge < -0.3 is 0 Å². The summed E-state index contributed by atoms with van der Waals surface area (Å²) in [5.41, 5.74) is 3.65. The molecule has 2 aromatic carbocycles. The molecule has 0 radical (unpaired) electrons. The molecule has 0 aromatic heterocycles. The fourth-order valence-corrected chi connectivity index (χ4v) is 2.69. The molecule has 0 spiro atoms. The Morgan fingerprint density at radius 2 is 1.74 bits per heavy atom. The molecule has 1 aliphatic heterocycles. The lowest BCUT2D eigenvalue weighted by Gasteiger charge is -2.15. The van der Waals surface area contributed by atoms with E-state index in [9.17, 15) is 4.79 Å². The molecular formula is C18H14Cl2N2O. The summed E-state index contributed by atoms with van der Waals surface area (Å²) in [6.07, 6.45) is 1.82. The van der Waals surface area contributed by atoms with Crippen molar-refractivity contribution in [2.45, 2.75) is 13.8 Å². The first-order valence-corrected chi connectivity index (χ1v) is 7.85. The standard InChI is InChI=1S/C18H14Cl2N2O/c1-11-16(20)4-3-5-17(11)22-18(23)15(12(2)21-22)10-13-6-8-14(19)9-7-13/h3-10H,1-2H3/b15-10-. The van der Waals surface area contributed by atoms with Crippen LogP contribution in [0.4, 0.5) is 5.69 Å². The average molecular weight is 345 g/mol. The van der Waals surface area contributed by atoms with Gasteiger partial charge in [0, 0.05) is 10.0 Å². The monoisotopic (exact) mass is 344 g/mol. The van der Waals surface area contributed by atoms with Gasteiger partial charge in [-0.2, -0.15) is 10.1 Å². The van der Waals surface area contributed by atoms with Crippen molar-refractivity contribution >= 4 is 46.6 Å². The molecule has 0 saturated carbocycles. The van der Waals surface area contributed by atoms with E-state index in [1.807, 2.05) is 44.2 Å². The number of anilines is 1. The van der Waals surface area contributed by atoms with Gasteiger partial charge in [-0.3, -0.25) is 4.79 Å². The molecular weight excluding hydrogens is 331 g/mol. The van der Waals surface area contributed by atoms with Crippen LogP contribution in [0, 0.1) is 6.92 Å². The molecule has 1 heterocycles. The van der Waals surface area contributed by atoms with Gasteiger partial charge in [-0.05, 0) is 55.3 Å². The maximum atomic E-state index is 12.7. The molecule has 23 heavy (non-hydrogen) atoms. The number of hydrazone groups is 1. The molecule has 116 valence electrons. The zero-order valence-electron chi connectivity index (χ0n) is 12.7. The largest absolute Gasteiger partial charge is 0.280 e. The number of hydrogen-bond donors (Lipinski definition) is 0. The minimum Gasteiger partial charge on any atom is -0.267 e. The van der Waals surface area contributed by atoms with Crippen LogP contribution in [0.25, 0.3) is 6.08 Å². The molecule has 0 saturated heterocycles. The predicted molar refractivity (Wildman–Crippen MR) is 96.2 cm³/mol. The molecule has 0 unspecified atom stereocenters. The van der Waals surface area contributed by atoms with Crippen LogP contribution in [0.2, 0.25) is 10.0 Å². The molecule has 0 atom stereocenters. The summed E-state index contributed by atoms with van der Waals surface area (Å²) < 4.78 is 0. The second-order valence-electron chi connectivity index (χ2n) is 5.30. The molecule has 0 aliphatic carbocycles. The van der Waals surface area contributed by atoms with Crippen LogP contribution >= 0.6 is 23.2 Å². The molecule has 3 rings (SSSR count). The number of amides is 1. The third-order valence-electron chi connectivity index (χ3n) is 3.71. The third kappa shape index (κ3) is 3.03. The highest BCUT2D eigenvalue weighted by Crippen LogP contribution is 2.31. The van der Waals surface area contributed by atoms with Gasteiger partial charge in [-0.15, -0.1) is 0 Å². The molecule has 0 N–H and O–H groups in total. The fourth-order valence-electron chi connectivity index (χ4n) is 2.40. The maximum Gasteiger partial charge on any atom is 0.280 e. The summed E-state index contributed by atoms with van der Waals surface area (Å²) in [6, 6.07) is 12.7. The first-order valence-electron chi connectivity index (χ1n) is 7.10. The van der Waals surface area contributed by atoms with Crippen LogP contribution in [-0.2, 0) is 4.79 Å². The second kappa shape index (κ2) is 6.19. The van der Waals surface area contributed by atoms with Crippen LogP contribution in [0.1, 0.15) is 18.1 Å². The fraction of sp³-hybridized carbons (Fsp3) is 0.111. The normalized spacial score (nSPS) is 16.2. The van der Waals surface area contributed by atoms with Crippen molar-refractivity contribution in [3.63, 3.8) is 0 Å². The highest BCUT2D eigenvalue weighted by Gasteiger charge is 2.29. The van der Waals surface area contributed by atoms with E-state index in [-0.39, 0.29) is 5.91 Å². The molecule has 0 fully saturated rings. The predicted octanol–water partition coefficient (Wildman–Crippen LogP) is 5.11. The number of nitrogens with zero attached hydrogens (tertiary/aromatic N) is 2. The van der Waals surface area contributed by atoms with E-state index in [1.54, 1.807) is 18.2 Å². The first kappa shape index (κ1) is 15.8. The Bertz CT molecular complexity index is 839. The van der Waals surface area contributed by atoms with Crippen molar-refractivity contribution in [2.75, 3.05) is 5.01 Å². The molecule has 1 aliphatic rings. The van der Waals surface area contributed by atoms with E-state index in [0.29, 0.717) is 27.0 Å². The number of carbonyl (C=O) groups is 1. The maximum absolute atomic E-state index is 12.7. The van der Waals surface area contributed by atoms with Crippen molar-refractivity contribution in [3.05, 3.63) is 69.2 Å². The summed E-state index contributed by atoms with van der Waals surface area (Å²) in [4.78, 5) is 12.7. The Kier molecular flexibility index (Phi) is 4.24. The van der Waals surface area contributed by atoms with Crippen molar-refractivity contribution in [1.82, 2.24) is 0 Å². The zero-order chi connectivity index (χ0) is 16.6. The van der Waals surface area contributed by atoms with Crippen molar-refractivity contribution in [2.24, 2.45) is 5.10 Å². The molecule has 0 bridgehead atoms. The average Bonchev–Trinajstić information content (AvgIpc) is 2.80. The van der Waals surface area contributed by atoms with Gasteiger partial charge in [0.05, 0.1) is 17.0 Å². The number of hydrogen-bond acceptors (Lipinski definition) is 2. The summed E-state index contributed by atoms with van der Waals surface area (Å²) in [7, 11) is 0. The van der Waals surface area contributed by atoms with E-state index in [1.165, 1.54) is 5.01 Å².